The van der Waals surface area contributed by atoms with Gasteiger partial charge in [-0.3, -0.25) is 14.3 Å². The normalized spacial score (nSPS) is 13.6. The number of aliphatic hydroxyl groups excluding tert-OH is 1. The van der Waals surface area contributed by atoms with Crippen molar-refractivity contribution in [3.05, 3.63) is 82.7 Å². The number of nitrogens with two attached hydrogens (primary N) is 1. The fraction of sp³-hybridized carbons (Fsp3) is 0.321. The number of primary amides is 1. The number of aromatic nitrogens is 3. The maximum Gasteiger partial charge on any atom is 0.249 e. The Labute approximate surface area is 210 Å². The summed E-state index contributed by atoms with van der Waals surface area (Å²) in [5.41, 5.74) is 11.3. The molecular formula is C28H32N6O2. The van der Waals surface area contributed by atoms with E-state index in [2.05, 4.69) is 22.3 Å². The summed E-state index contributed by atoms with van der Waals surface area (Å²) in [6, 6.07) is 17.8. The van der Waals surface area contributed by atoms with Crippen LogP contribution in [0.25, 0.3) is 16.9 Å². The summed E-state index contributed by atoms with van der Waals surface area (Å²) in [6.45, 7) is 5.49. The number of unbranched alkanes of at least 4 members (excludes halogenated alkanes) is 1. The van der Waals surface area contributed by atoms with Crippen LogP contribution in [-0.4, -0.2) is 50.1 Å². The predicted octanol–water partition coefficient (Wildman–Crippen LogP) is 3.57. The number of aliphatic hydroxyl groups is 1. The summed E-state index contributed by atoms with van der Waals surface area (Å²) in [6.07, 6.45) is 2.63. The summed E-state index contributed by atoms with van der Waals surface area (Å²) in [4.78, 5) is 24.5. The van der Waals surface area contributed by atoms with Crippen molar-refractivity contribution < 1.29 is 9.90 Å². The molecule has 0 saturated heterocycles. The Morgan fingerprint density at radius 2 is 1.94 bits per heavy atom. The third-order valence-corrected chi connectivity index (χ3v) is 6.81. The first-order chi connectivity index (χ1) is 17.5. The molecule has 0 spiro atoms. The van der Waals surface area contributed by atoms with Gasteiger partial charge in [0, 0.05) is 48.4 Å². The Hall–Kier alpha value is -3.75. The van der Waals surface area contributed by atoms with Crippen LogP contribution in [0.4, 0.5) is 5.82 Å². The molecule has 36 heavy (non-hydrogen) atoms. The number of nitrogens with one attached hydrogen (secondary N) is 1. The number of anilines is 1. The zero-order valence-corrected chi connectivity index (χ0v) is 20.6. The average molecular weight is 485 g/mol. The maximum absolute atomic E-state index is 12.0. The second-order valence-corrected chi connectivity index (χ2v) is 9.32. The summed E-state index contributed by atoms with van der Waals surface area (Å²) >= 11 is 0. The fourth-order valence-corrected chi connectivity index (χ4v) is 4.98. The Bertz CT molecular complexity index is 1380. The molecule has 3 heterocycles. The van der Waals surface area contributed by atoms with E-state index in [4.69, 9.17) is 15.7 Å². The molecule has 0 saturated carbocycles. The molecule has 2 aromatic carbocycles. The molecule has 8 nitrogen and oxygen atoms in total. The van der Waals surface area contributed by atoms with Gasteiger partial charge in [0.2, 0.25) is 11.9 Å². The monoisotopic (exact) mass is 484 g/mol. The Kier molecular flexibility index (Phi) is 6.97. The quantitative estimate of drug-likeness (QED) is 0.313. The van der Waals surface area contributed by atoms with Crippen LogP contribution < -0.4 is 11.1 Å². The molecule has 0 radical (unpaired) electrons. The van der Waals surface area contributed by atoms with Crippen molar-refractivity contribution in [2.75, 3.05) is 25.0 Å². The number of carbonyl (C=O) groups excluding carboxylic acids is 1. The van der Waals surface area contributed by atoms with Gasteiger partial charge in [-0.1, -0.05) is 36.4 Å². The average Bonchev–Trinajstić information content (AvgIpc) is 3.23. The largest absolute Gasteiger partial charge is 0.396 e. The number of benzene rings is 2. The lowest BCUT2D eigenvalue weighted by Gasteiger charge is -2.29. The number of rotatable bonds is 9. The molecule has 1 aliphatic rings. The number of fused-ring (bicyclic) bond motifs is 2. The van der Waals surface area contributed by atoms with Gasteiger partial charge in [0.25, 0.3) is 0 Å². The van der Waals surface area contributed by atoms with Gasteiger partial charge in [0.1, 0.15) is 5.82 Å². The SMILES string of the molecule is Cc1cc2c(C(N)=O)cccc2n1-c1nc2c(c(NCc3ccccc3)n1)CCN(CCCCO)C2. The molecule has 5 rings (SSSR count). The first-order valence-corrected chi connectivity index (χ1v) is 12.5. The molecule has 4 aromatic rings. The summed E-state index contributed by atoms with van der Waals surface area (Å²) in [7, 11) is 0. The van der Waals surface area contributed by atoms with E-state index in [-0.39, 0.29) is 6.61 Å². The van der Waals surface area contributed by atoms with Crippen molar-refractivity contribution >= 4 is 22.6 Å². The van der Waals surface area contributed by atoms with Crippen LogP contribution in [-0.2, 0) is 19.5 Å². The summed E-state index contributed by atoms with van der Waals surface area (Å²) < 4.78 is 2.00. The summed E-state index contributed by atoms with van der Waals surface area (Å²) in [5.74, 6) is 0.977. The molecule has 0 aliphatic carbocycles. The van der Waals surface area contributed by atoms with Crippen molar-refractivity contribution in [2.24, 2.45) is 5.73 Å². The van der Waals surface area contributed by atoms with Crippen molar-refractivity contribution in [1.82, 2.24) is 19.4 Å². The zero-order chi connectivity index (χ0) is 25.1. The Morgan fingerprint density at radius 3 is 2.72 bits per heavy atom. The van der Waals surface area contributed by atoms with Gasteiger partial charge >= 0.3 is 0 Å². The van der Waals surface area contributed by atoms with Gasteiger partial charge in [-0.05, 0) is 56.5 Å². The van der Waals surface area contributed by atoms with E-state index in [0.29, 0.717) is 18.1 Å². The molecule has 4 N–H and O–H groups in total. The van der Waals surface area contributed by atoms with E-state index in [1.165, 1.54) is 5.56 Å². The topological polar surface area (TPSA) is 109 Å². The molecule has 186 valence electrons. The number of carbonyl (C=O) groups is 1. The van der Waals surface area contributed by atoms with Crippen LogP contribution in [0.5, 0.6) is 0 Å². The second-order valence-electron chi connectivity index (χ2n) is 9.32. The zero-order valence-electron chi connectivity index (χ0n) is 20.6. The third kappa shape index (κ3) is 4.82. The van der Waals surface area contributed by atoms with Crippen molar-refractivity contribution in [1.29, 1.82) is 0 Å². The number of hydrogen-bond donors (Lipinski definition) is 3. The first kappa shape index (κ1) is 24.0. The Balaban J connectivity index is 1.56. The highest BCUT2D eigenvalue weighted by Gasteiger charge is 2.24. The van der Waals surface area contributed by atoms with Gasteiger partial charge in [-0.2, -0.15) is 4.98 Å². The van der Waals surface area contributed by atoms with Crippen LogP contribution in [0, 0.1) is 6.92 Å². The number of nitrogens with zero attached hydrogens (tertiary/aromatic N) is 4. The third-order valence-electron chi connectivity index (χ3n) is 6.81. The lowest BCUT2D eigenvalue weighted by molar-refractivity contribution is 0.100. The van der Waals surface area contributed by atoms with Gasteiger partial charge < -0.3 is 16.2 Å². The van der Waals surface area contributed by atoms with E-state index >= 15 is 0 Å². The molecule has 0 atom stereocenters. The molecule has 1 aliphatic heterocycles. The lowest BCUT2D eigenvalue weighted by Crippen LogP contribution is -2.33. The highest BCUT2D eigenvalue weighted by Crippen LogP contribution is 2.29. The lowest BCUT2D eigenvalue weighted by atomic mass is 10.0. The number of amides is 1. The molecule has 0 fully saturated rings. The molecule has 1 amide bonds. The maximum atomic E-state index is 12.0. The van der Waals surface area contributed by atoms with E-state index in [9.17, 15) is 9.90 Å². The second kappa shape index (κ2) is 10.5. The van der Waals surface area contributed by atoms with E-state index < -0.39 is 5.91 Å². The molecule has 8 heteroatoms. The van der Waals surface area contributed by atoms with E-state index in [0.717, 1.165) is 72.6 Å². The highest BCUT2D eigenvalue weighted by molar-refractivity contribution is 6.06. The van der Waals surface area contributed by atoms with Crippen LogP contribution >= 0.6 is 0 Å². The summed E-state index contributed by atoms with van der Waals surface area (Å²) in [5, 5.41) is 13.5. The number of aryl methyl sites for hydroxylation is 1. The first-order valence-electron chi connectivity index (χ1n) is 12.5. The minimum atomic E-state index is -0.451. The molecular weight excluding hydrogens is 452 g/mol. The van der Waals surface area contributed by atoms with Crippen molar-refractivity contribution in [3.8, 4) is 5.95 Å². The van der Waals surface area contributed by atoms with Gasteiger partial charge in [-0.15, -0.1) is 0 Å². The smallest absolute Gasteiger partial charge is 0.249 e. The van der Waals surface area contributed by atoms with Gasteiger partial charge in [-0.25, -0.2) is 4.98 Å². The minimum Gasteiger partial charge on any atom is -0.396 e. The highest BCUT2D eigenvalue weighted by atomic mass is 16.3. The van der Waals surface area contributed by atoms with E-state index in [1.54, 1.807) is 6.07 Å². The van der Waals surface area contributed by atoms with Crippen LogP contribution in [0.1, 0.15) is 45.7 Å². The van der Waals surface area contributed by atoms with Crippen molar-refractivity contribution in [2.45, 2.75) is 39.3 Å². The Morgan fingerprint density at radius 1 is 1.11 bits per heavy atom. The standard InChI is InChI=1S/C28H32N6O2/c1-19-16-23-21(26(29)36)10-7-11-25(23)34(19)28-31-24-18-33(13-5-6-15-35)14-12-22(24)27(32-28)30-17-20-8-3-2-4-9-20/h2-4,7-11,16,35H,5-6,12-15,17-18H2,1H3,(H2,29,36)(H,30,31,32). The van der Waals surface area contributed by atoms with Crippen LogP contribution in [0.3, 0.4) is 0 Å². The predicted molar refractivity (Wildman–Crippen MR) is 141 cm³/mol. The molecule has 2 aromatic heterocycles. The van der Waals surface area contributed by atoms with Crippen LogP contribution in [0.2, 0.25) is 0 Å². The van der Waals surface area contributed by atoms with Crippen LogP contribution in [0.15, 0.2) is 54.6 Å². The van der Waals surface area contributed by atoms with Gasteiger partial charge in [0.05, 0.1) is 11.2 Å². The molecule has 0 bridgehead atoms. The molecule has 0 unspecified atom stereocenters. The number of hydrogen-bond acceptors (Lipinski definition) is 6. The minimum absolute atomic E-state index is 0.220. The van der Waals surface area contributed by atoms with Crippen molar-refractivity contribution in [3.63, 3.8) is 0 Å². The van der Waals surface area contributed by atoms with Gasteiger partial charge in [0.15, 0.2) is 0 Å². The fourth-order valence-electron chi connectivity index (χ4n) is 4.98. The van der Waals surface area contributed by atoms with E-state index in [1.807, 2.05) is 47.9 Å².